The molecule has 3 rings (SSSR count). The second-order valence-corrected chi connectivity index (χ2v) is 8.32. The lowest BCUT2D eigenvalue weighted by Crippen LogP contribution is -2.39. The molecule has 2 aliphatic heterocycles. The van der Waals surface area contributed by atoms with Gasteiger partial charge < -0.3 is 9.80 Å². The Bertz CT molecular complexity index is 610. The third kappa shape index (κ3) is 4.87. The molecule has 26 heavy (non-hydrogen) atoms. The largest absolute Gasteiger partial charge is 0.343 e. The highest BCUT2D eigenvalue weighted by molar-refractivity contribution is 5.94. The zero-order valence-electron chi connectivity index (χ0n) is 16.2. The molecule has 4 heteroatoms. The molecular formula is C22H32N2O2. The van der Waals surface area contributed by atoms with E-state index in [2.05, 4.69) is 26.0 Å². The zero-order chi connectivity index (χ0) is 18.5. The van der Waals surface area contributed by atoms with Gasteiger partial charge in [0.2, 0.25) is 5.91 Å². The van der Waals surface area contributed by atoms with Crippen molar-refractivity contribution >= 4 is 11.8 Å². The van der Waals surface area contributed by atoms with Crippen LogP contribution >= 0.6 is 0 Å². The Morgan fingerprint density at radius 1 is 0.962 bits per heavy atom. The fourth-order valence-electron chi connectivity index (χ4n) is 4.08. The number of piperidine rings is 1. The summed E-state index contributed by atoms with van der Waals surface area (Å²) in [4.78, 5) is 28.6. The molecule has 0 N–H and O–H groups in total. The maximum absolute atomic E-state index is 12.4. The molecule has 2 fully saturated rings. The van der Waals surface area contributed by atoms with Gasteiger partial charge >= 0.3 is 0 Å². The van der Waals surface area contributed by atoms with Crippen LogP contribution in [0.4, 0.5) is 0 Å². The van der Waals surface area contributed by atoms with Crippen LogP contribution in [0.2, 0.25) is 0 Å². The van der Waals surface area contributed by atoms with Crippen molar-refractivity contribution in [2.24, 2.45) is 11.8 Å². The number of likely N-dealkylation sites (tertiary alicyclic amines) is 2. The molecule has 0 bridgehead atoms. The van der Waals surface area contributed by atoms with Crippen molar-refractivity contribution in [3.05, 3.63) is 35.4 Å². The van der Waals surface area contributed by atoms with Crippen LogP contribution in [0.25, 0.3) is 0 Å². The molecule has 4 nitrogen and oxygen atoms in total. The molecule has 0 aromatic heterocycles. The number of amides is 2. The Hall–Kier alpha value is -1.84. The molecule has 0 atom stereocenters. The summed E-state index contributed by atoms with van der Waals surface area (Å²) in [6, 6.07) is 8.19. The highest BCUT2D eigenvalue weighted by Gasteiger charge is 2.23. The Morgan fingerprint density at radius 3 is 2.15 bits per heavy atom. The first-order valence-electron chi connectivity index (χ1n) is 10.2. The molecule has 0 radical (unpaired) electrons. The second-order valence-electron chi connectivity index (χ2n) is 8.32. The Labute approximate surface area is 157 Å². The smallest absolute Gasteiger partial charge is 0.253 e. The summed E-state index contributed by atoms with van der Waals surface area (Å²) in [5.74, 6) is 1.55. The van der Waals surface area contributed by atoms with E-state index in [9.17, 15) is 9.59 Å². The van der Waals surface area contributed by atoms with E-state index < -0.39 is 0 Å². The quantitative estimate of drug-likeness (QED) is 0.806. The van der Waals surface area contributed by atoms with Gasteiger partial charge in [0.25, 0.3) is 5.91 Å². The summed E-state index contributed by atoms with van der Waals surface area (Å²) in [6.07, 6.45) is 6.13. The van der Waals surface area contributed by atoms with Crippen LogP contribution in [0.3, 0.4) is 0 Å². The molecule has 0 unspecified atom stereocenters. The molecule has 2 aliphatic rings. The first-order valence-corrected chi connectivity index (χ1v) is 10.2. The standard InChI is InChI=1S/C22H32N2O2/c1-17(2)15-21(25)23-13-9-19(10-14-23)16-18-5-7-20(8-6-18)22(26)24-11-3-4-12-24/h5-8,17,19H,3-4,9-16H2,1-2H3. The van der Waals surface area contributed by atoms with Crippen molar-refractivity contribution in [1.82, 2.24) is 9.80 Å². The van der Waals surface area contributed by atoms with E-state index in [4.69, 9.17) is 0 Å². The van der Waals surface area contributed by atoms with Gasteiger partial charge in [0, 0.05) is 38.2 Å². The topological polar surface area (TPSA) is 40.6 Å². The number of hydrogen-bond donors (Lipinski definition) is 0. The monoisotopic (exact) mass is 356 g/mol. The van der Waals surface area contributed by atoms with E-state index in [0.717, 1.165) is 63.8 Å². The van der Waals surface area contributed by atoms with E-state index in [0.29, 0.717) is 24.2 Å². The minimum Gasteiger partial charge on any atom is -0.343 e. The molecule has 1 aromatic carbocycles. The normalized spacial score (nSPS) is 18.6. The van der Waals surface area contributed by atoms with Gasteiger partial charge in [-0.25, -0.2) is 0 Å². The maximum Gasteiger partial charge on any atom is 0.253 e. The summed E-state index contributed by atoms with van der Waals surface area (Å²) < 4.78 is 0. The van der Waals surface area contributed by atoms with Crippen molar-refractivity contribution in [1.29, 1.82) is 0 Å². The van der Waals surface area contributed by atoms with Gasteiger partial charge in [0.1, 0.15) is 0 Å². The lowest BCUT2D eigenvalue weighted by Gasteiger charge is -2.32. The highest BCUT2D eigenvalue weighted by atomic mass is 16.2. The third-order valence-corrected chi connectivity index (χ3v) is 5.67. The zero-order valence-corrected chi connectivity index (χ0v) is 16.2. The van der Waals surface area contributed by atoms with Gasteiger partial charge in [-0.05, 0) is 61.6 Å². The average Bonchev–Trinajstić information content (AvgIpc) is 3.16. The summed E-state index contributed by atoms with van der Waals surface area (Å²) in [7, 11) is 0. The lowest BCUT2D eigenvalue weighted by molar-refractivity contribution is -0.133. The minimum atomic E-state index is 0.172. The van der Waals surface area contributed by atoms with Gasteiger partial charge in [0.15, 0.2) is 0 Å². The Kier molecular flexibility index (Phi) is 6.33. The van der Waals surface area contributed by atoms with Crippen LogP contribution in [0.15, 0.2) is 24.3 Å². The lowest BCUT2D eigenvalue weighted by atomic mass is 9.89. The number of rotatable bonds is 5. The molecule has 0 spiro atoms. The molecular weight excluding hydrogens is 324 g/mol. The van der Waals surface area contributed by atoms with Gasteiger partial charge in [-0.15, -0.1) is 0 Å². The molecule has 1 aromatic rings. The van der Waals surface area contributed by atoms with Crippen LogP contribution in [0.5, 0.6) is 0 Å². The molecule has 0 aliphatic carbocycles. The number of nitrogens with zero attached hydrogens (tertiary/aromatic N) is 2. The number of carbonyl (C=O) groups is 2. The van der Waals surface area contributed by atoms with E-state index >= 15 is 0 Å². The van der Waals surface area contributed by atoms with Crippen molar-refractivity contribution in [3.8, 4) is 0 Å². The van der Waals surface area contributed by atoms with Gasteiger partial charge in [-0.3, -0.25) is 9.59 Å². The Morgan fingerprint density at radius 2 is 1.58 bits per heavy atom. The van der Waals surface area contributed by atoms with E-state index in [1.807, 2.05) is 21.9 Å². The van der Waals surface area contributed by atoms with Gasteiger partial charge in [0.05, 0.1) is 0 Å². The van der Waals surface area contributed by atoms with Gasteiger partial charge in [-0.1, -0.05) is 26.0 Å². The predicted octanol–water partition coefficient (Wildman–Crippen LogP) is 3.75. The van der Waals surface area contributed by atoms with Crippen LogP contribution in [-0.2, 0) is 11.2 Å². The van der Waals surface area contributed by atoms with Crippen molar-refractivity contribution in [2.45, 2.75) is 52.4 Å². The molecule has 2 saturated heterocycles. The minimum absolute atomic E-state index is 0.172. The number of carbonyl (C=O) groups excluding carboxylic acids is 2. The molecule has 142 valence electrons. The average molecular weight is 357 g/mol. The first-order chi connectivity index (χ1) is 12.5. The van der Waals surface area contributed by atoms with E-state index in [1.54, 1.807) is 0 Å². The number of hydrogen-bond acceptors (Lipinski definition) is 2. The summed E-state index contributed by atoms with van der Waals surface area (Å²) in [6.45, 7) is 7.78. The predicted molar refractivity (Wildman–Crippen MR) is 104 cm³/mol. The van der Waals surface area contributed by atoms with E-state index in [-0.39, 0.29) is 5.91 Å². The molecule has 2 heterocycles. The fourth-order valence-corrected chi connectivity index (χ4v) is 4.08. The first kappa shape index (κ1) is 18.9. The molecule has 2 amide bonds. The fraction of sp³-hybridized carbons (Fsp3) is 0.636. The maximum atomic E-state index is 12.4. The Balaban J connectivity index is 1.48. The van der Waals surface area contributed by atoms with Crippen molar-refractivity contribution < 1.29 is 9.59 Å². The summed E-state index contributed by atoms with van der Waals surface area (Å²) in [5.41, 5.74) is 2.11. The van der Waals surface area contributed by atoms with Crippen LogP contribution in [0, 0.1) is 11.8 Å². The molecule has 0 saturated carbocycles. The number of benzene rings is 1. The third-order valence-electron chi connectivity index (χ3n) is 5.67. The van der Waals surface area contributed by atoms with Gasteiger partial charge in [-0.2, -0.15) is 0 Å². The van der Waals surface area contributed by atoms with Crippen LogP contribution < -0.4 is 0 Å². The summed E-state index contributed by atoms with van der Waals surface area (Å²) in [5, 5.41) is 0. The van der Waals surface area contributed by atoms with Crippen molar-refractivity contribution in [2.75, 3.05) is 26.2 Å². The highest BCUT2D eigenvalue weighted by Crippen LogP contribution is 2.23. The SMILES string of the molecule is CC(C)CC(=O)N1CCC(Cc2ccc(C(=O)N3CCCC3)cc2)CC1. The summed E-state index contributed by atoms with van der Waals surface area (Å²) >= 11 is 0. The van der Waals surface area contributed by atoms with E-state index in [1.165, 1.54) is 5.56 Å². The second kappa shape index (κ2) is 8.70. The van der Waals surface area contributed by atoms with Crippen LogP contribution in [0.1, 0.15) is 61.9 Å². The van der Waals surface area contributed by atoms with Crippen molar-refractivity contribution in [3.63, 3.8) is 0 Å². The van der Waals surface area contributed by atoms with Crippen LogP contribution in [-0.4, -0.2) is 47.8 Å².